The van der Waals surface area contributed by atoms with Crippen LogP contribution in [-0.2, 0) is 17.8 Å². The largest absolute Gasteiger partial charge is 0.383 e. The molecule has 4 heteroatoms. The molecule has 1 heterocycles. The molecule has 1 aromatic rings. The third kappa shape index (κ3) is 6.17. The van der Waals surface area contributed by atoms with E-state index in [1.54, 1.807) is 7.11 Å². The smallest absolute Gasteiger partial charge is 0.0589 e. The summed E-state index contributed by atoms with van der Waals surface area (Å²) in [6.07, 6.45) is 1.19. The van der Waals surface area contributed by atoms with E-state index in [2.05, 4.69) is 36.3 Å². The Labute approximate surface area is 109 Å². The molecule has 17 heavy (non-hydrogen) atoms. The van der Waals surface area contributed by atoms with Crippen molar-refractivity contribution in [3.63, 3.8) is 0 Å². The zero-order chi connectivity index (χ0) is 12.5. The lowest BCUT2D eigenvalue weighted by molar-refractivity contribution is 0.159. The summed E-state index contributed by atoms with van der Waals surface area (Å²) in [6.45, 7) is 7.09. The topological polar surface area (TPSA) is 24.5 Å². The average Bonchev–Trinajstić information content (AvgIpc) is 2.74. The van der Waals surface area contributed by atoms with E-state index in [0.29, 0.717) is 0 Å². The van der Waals surface area contributed by atoms with Crippen LogP contribution < -0.4 is 5.32 Å². The number of nitrogens with zero attached hydrogens (tertiary/aromatic N) is 1. The van der Waals surface area contributed by atoms with Gasteiger partial charge in [-0.1, -0.05) is 6.92 Å². The van der Waals surface area contributed by atoms with Crippen LogP contribution >= 0.6 is 11.3 Å². The SMILES string of the molecule is CCCNCc1ccc(CN(C)CCOC)s1. The minimum atomic E-state index is 0.798. The molecular weight excluding hydrogens is 232 g/mol. The molecule has 1 rings (SSSR count). The van der Waals surface area contributed by atoms with Crippen LogP contribution in [0.5, 0.6) is 0 Å². The standard InChI is InChI=1S/C13H24N2OS/c1-4-7-14-10-12-5-6-13(17-12)11-15(2)8-9-16-3/h5-6,14H,4,7-11H2,1-3H3. The van der Waals surface area contributed by atoms with Gasteiger partial charge in [0.05, 0.1) is 6.61 Å². The molecule has 0 saturated carbocycles. The van der Waals surface area contributed by atoms with E-state index in [4.69, 9.17) is 4.74 Å². The van der Waals surface area contributed by atoms with Crippen LogP contribution in [0.25, 0.3) is 0 Å². The lowest BCUT2D eigenvalue weighted by Crippen LogP contribution is -2.21. The summed E-state index contributed by atoms with van der Waals surface area (Å²) in [5.41, 5.74) is 0. The Kier molecular flexibility index (Phi) is 7.44. The number of rotatable bonds is 9. The van der Waals surface area contributed by atoms with Crippen LogP contribution in [0.15, 0.2) is 12.1 Å². The molecule has 1 N–H and O–H groups in total. The molecule has 0 amide bonds. The fourth-order valence-corrected chi connectivity index (χ4v) is 2.65. The van der Waals surface area contributed by atoms with Crippen LogP contribution in [0.1, 0.15) is 23.1 Å². The van der Waals surface area contributed by atoms with Crippen molar-refractivity contribution in [2.45, 2.75) is 26.4 Å². The highest BCUT2D eigenvalue weighted by Crippen LogP contribution is 2.17. The minimum Gasteiger partial charge on any atom is -0.383 e. The van der Waals surface area contributed by atoms with Crippen molar-refractivity contribution in [2.24, 2.45) is 0 Å². The first kappa shape index (κ1) is 14.6. The monoisotopic (exact) mass is 256 g/mol. The third-order valence-corrected chi connectivity index (χ3v) is 3.62. The van der Waals surface area contributed by atoms with Gasteiger partial charge in [0.1, 0.15) is 0 Å². The van der Waals surface area contributed by atoms with Gasteiger partial charge in [-0.15, -0.1) is 11.3 Å². The van der Waals surface area contributed by atoms with Crippen molar-refractivity contribution < 1.29 is 4.74 Å². The second-order valence-electron chi connectivity index (χ2n) is 4.28. The van der Waals surface area contributed by atoms with Gasteiger partial charge in [0.15, 0.2) is 0 Å². The quantitative estimate of drug-likeness (QED) is 0.686. The van der Waals surface area contributed by atoms with Crippen molar-refractivity contribution in [2.75, 3.05) is 33.9 Å². The van der Waals surface area contributed by atoms with Crippen LogP contribution in [-0.4, -0.2) is 38.8 Å². The molecule has 0 bridgehead atoms. The van der Waals surface area contributed by atoms with Gasteiger partial charge >= 0.3 is 0 Å². The minimum absolute atomic E-state index is 0.798. The highest BCUT2D eigenvalue weighted by molar-refractivity contribution is 7.11. The molecule has 98 valence electrons. The maximum atomic E-state index is 5.07. The van der Waals surface area contributed by atoms with Gasteiger partial charge in [-0.25, -0.2) is 0 Å². The van der Waals surface area contributed by atoms with Gasteiger partial charge < -0.3 is 10.1 Å². The number of likely N-dealkylation sites (N-methyl/N-ethyl adjacent to an activating group) is 1. The molecule has 1 aromatic heterocycles. The summed E-state index contributed by atoms with van der Waals surface area (Å²) >= 11 is 1.90. The Balaban J connectivity index is 2.29. The van der Waals surface area contributed by atoms with E-state index >= 15 is 0 Å². The van der Waals surface area contributed by atoms with Crippen molar-refractivity contribution in [1.29, 1.82) is 0 Å². The molecule has 0 spiro atoms. The second kappa shape index (κ2) is 8.64. The number of hydrogen-bond donors (Lipinski definition) is 1. The van der Waals surface area contributed by atoms with E-state index < -0.39 is 0 Å². The van der Waals surface area contributed by atoms with E-state index in [1.807, 2.05) is 11.3 Å². The Morgan fingerprint density at radius 3 is 2.82 bits per heavy atom. The Bertz CT molecular complexity index is 301. The summed E-state index contributed by atoms with van der Waals surface area (Å²) < 4.78 is 5.07. The summed E-state index contributed by atoms with van der Waals surface area (Å²) in [5, 5.41) is 3.43. The van der Waals surface area contributed by atoms with E-state index in [9.17, 15) is 0 Å². The molecule has 0 fully saturated rings. The average molecular weight is 256 g/mol. The van der Waals surface area contributed by atoms with E-state index in [1.165, 1.54) is 16.2 Å². The fourth-order valence-electron chi connectivity index (χ4n) is 1.58. The summed E-state index contributed by atoms with van der Waals surface area (Å²) in [7, 11) is 3.88. The molecule has 0 radical (unpaired) electrons. The molecule has 0 unspecified atom stereocenters. The summed E-state index contributed by atoms with van der Waals surface area (Å²) in [6, 6.07) is 4.46. The fraction of sp³-hybridized carbons (Fsp3) is 0.692. The lowest BCUT2D eigenvalue weighted by Gasteiger charge is -2.14. The first-order valence-corrected chi connectivity index (χ1v) is 7.03. The highest BCUT2D eigenvalue weighted by atomic mass is 32.1. The number of thiophene rings is 1. The summed E-state index contributed by atoms with van der Waals surface area (Å²) in [4.78, 5) is 5.14. The molecule has 0 aromatic carbocycles. The Morgan fingerprint density at radius 1 is 1.35 bits per heavy atom. The first-order valence-electron chi connectivity index (χ1n) is 6.22. The van der Waals surface area contributed by atoms with Gasteiger partial charge in [0.2, 0.25) is 0 Å². The van der Waals surface area contributed by atoms with Crippen LogP contribution in [0.3, 0.4) is 0 Å². The maximum absolute atomic E-state index is 5.07. The van der Waals surface area contributed by atoms with Gasteiger partial charge in [-0.3, -0.25) is 4.90 Å². The maximum Gasteiger partial charge on any atom is 0.0589 e. The van der Waals surface area contributed by atoms with Crippen molar-refractivity contribution in [3.8, 4) is 0 Å². The van der Waals surface area contributed by atoms with E-state index in [0.717, 1.165) is 32.8 Å². The molecule has 0 atom stereocenters. The predicted molar refractivity (Wildman–Crippen MR) is 74.5 cm³/mol. The zero-order valence-corrected chi connectivity index (χ0v) is 12.0. The van der Waals surface area contributed by atoms with Gasteiger partial charge in [-0.2, -0.15) is 0 Å². The molecule has 0 aliphatic rings. The number of ether oxygens (including phenoxy) is 1. The summed E-state index contributed by atoms with van der Waals surface area (Å²) in [5.74, 6) is 0. The van der Waals surface area contributed by atoms with Crippen molar-refractivity contribution in [1.82, 2.24) is 10.2 Å². The molecule has 0 aliphatic carbocycles. The number of methoxy groups -OCH3 is 1. The first-order chi connectivity index (χ1) is 8.26. The highest BCUT2D eigenvalue weighted by Gasteiger charge is 2.03. The second-order valence-corrected chi connectivity index (χ2v) is 5.53. The van der Waals surface area contributed by atoms with Gasteiger partial charge in [0, 0.05) is 36.5 Å². The van der Waals surface area contributed by atoms with Crippen molar-refractivity contribution >= 4 is 11.3 Å². The van der Waals surface area contributed by atoms with E-state index in [-0.39, 0.29) is 0 Å². The van der Waals surface area contributed by atoms with Gasteiger partial charge in [0.25, 0.3) is 0 Å². The Morgan fingerprint density at radius 2 is 2.12 bits per heavy atom. The number of nitrogens with one attached hydrogen (secondary N) is 1. The molecular formula is C13H24N2OS. The molecule has 3 nitrogen and oxygen atoms in total. The van der Waals surface area contributed by atoms with Crippen molar-refractivity contribution in [3.05, 3.63) is 21.9 Å². The molecule has 0 aliphatic heterocycles. The zero-order valence-electron chi connectivity index (χ0n) is 11.2. The van der Waals surface area contributed by atoms with Gasteiger partial charge in [-0.05, 0) is 32.1 Å². The number of hydrogen-bond acceptors (Lipinski definition) is 4. The predicted octanol–water partition coefficient (Wildman–Crippen LogP) is 2.33. The van der Waals surface area contributed by atoms with Crippen LogP contribution in [0.4, 0.5) is 0 Å². The van der Waals surface area contributed by atoms with Crippen LogP contribution in [0.2, 0.25) is 0 Å². The van der Waals surface area contributed by atoms with Crippen LogP contribution in [0, 0.1) is 0 Å². The molecule has 0 saturated heterocycles. The lowest BCUT2D eigenvalue weighted by atomic mass is 10.4. The normalized spacial score (nSPS) is 11.3. The third-order valence-electron chi connectivity index (χ3n) is 2.55. The Hall–Kier alpha value is -0.420.